The number of aromatic nitrogens is 1. The molecule has 2 heterocycles. The van der Waals surface area contributed by atoms with Gasteiger partial charge < -0.3 is 9.64 Å². The third-order valence-electron chi connectivity index (χ3n) is 9.22. The van der Waals surface area contributed by atoms with Gasteiger partial charge in [0.2, 0.25) is 0 Å². The van der Waals surface area contributed by atoms with Crippen LogP contribution in [0.4, 0.5) is 11.4 Å². The molecule has 4 nitrogen and oxygen atoms in total. The number of nitrogens with zero attached hydrogens (tertiary/aromatic N) is 3. The van der Waals surface area contributed by atoms with E-state index in [-0.39, 0.29) is 0 Å². The van der Waals surface area contributed by atoms with Crippen LogP contribution in [0.1, 0.15) is 86.4 Å². The van der Waals surface area contributed by atoms with Gasteiger partial charge in [0.25, 0.3) is 0 Å². The standard InChI is InChI=1S/C37H43N3OS/c1-27(2)33-16-7-28(3)23-35(33)41-25-36-39-34(26-42-36)30-10-12-31(13-11-30)38-24-29-8-14-32(15-9-29)40-21-19-37(20-22-40)17-5-4-6-18-37/h7-16,23-24,26-27H,4-6,17-22,25H2,1-3H3. The van der Waals surface area contributed by atoms with Crippen LogP contribution in [0, 0.1) is 12.3 Å². The highest BCUT2D eigenvalue weighted by Gasteiger charge is 2.35. The normalized spacial score (nSPS) is 16.9. The van der Waals surface area contributed by atoms with E-state index < -0.39 is 0 Å². The second kappa shape index (κ2) is 12.8. The molecule has 42 heavy (non-hydrogen) atoms. The lowest BCUT2D eigenvalue weighted by Gasteiger charge is -2.45. The summed E-state index contributed by atoms with van der Waals surface area (Å²) in [4.78, 5) is 12.1. The minimum absolute atomic E-state index is 0.418. The molecule has 0 radical (unpaired) electrons. The second-order valence-corrected chi connectivity index (χ2v) is 13.5. The van der Waals surface area contributed by atoms with Crippen molar-refractivity contribution in [2.75, 3.05) is 18.0 Å². The molecule has 1 aliphatic carbocycles. The fraction of sp³-hybridized carbons (Fsp3) is 0.405. The van der Waals surface area contributed by atoms with Gasteiger partial charge in [-0.15, -0.1) is 11.3 Å². The molecule has 6 rings (SSSR count). The summed E-state index contributed by atoms with van der Waals surface area (Å²) in [6.07, 6.45) is 11.9. The van der Waals surface area contributed by atoms with Crippen LogP contribution in [0.25, 0.3) is 11.3 Å². The number of piperidine rings is 1. The summed E-state index contributed by atoms with van der Waals surface area (Å²) in [5.41, 5.74) is 8.57. The van der Waals surface area contributed by atoms with Crippen LogP contribution in [-0.2, 0) is 6.61 Å². The average molecular weight is 578 g/mol. The maximum Gasteiger partial charge on any atom is 0.140 e. The molecule has 5 heteroatoms. The maximum absolute atomic E-state index is 6.20. The Bertz CT molecular complexity index is 1490. The zero-order valence-corrected chi connectivity index (χ0v) is 26.1. The number of rotatable bonds is 8. The van der Waals surface area contributed by atoms with Crippen molar-refractivity contribution in [2.45, 2.75) is 78.2 Å². The van der Waals surface area contributed by atoms with Crippen molar-refractivity contribution in [3.8, 4) is 17.0 Å². The smallest absolute Gasteiger partial charge is 0.140 e. The van der Waals surface area contributed by atoms with E-state index in [2.05, 4.69) is 97.8 Å². The van der Waals surface area contributed by atoms with Crippen molar-refractivity contribution in [3.05, 3.63) is 93.8 Å². The molecule has 2 fully saturated rings. The SMILES string of the molecule is Cc1ccc(C(C)C)c(OCc2nc(-c3ccc(N=Cc4ccc(N5CCC6(CCCCC6)CC5)cc4)cc3)cs2)c1. The van der Waals surface area contributed by atoms with E-state index in [4.69, 9.17) is 14.7 Å². The summed E-state index contributed by atoms with van der Waals surface area (Å²) in [7, 11) is 0. The monoisotopic (exact) mass is 577 g/mol. The van der Waals surface area contributed by atoms with Crippen LogP contribution in [-0.4, -0.2) is 24.3 Å². The molecule has 4 aromatic rings. The molecule has 1 aliphatic heterocycles. The highest BCUT2D eigenvalue weighted by atomic mass is 32.1. The third kappa shape index (κ3) is 6.78. The van der Waals surface area contributed by atoms with Crippen molar-refractivity contribution < 1.29 is 4.74 Å². The van der Waals surface area contributed by atoms with Crippen LogP contribution >= 0.6 is 11.3 Å². The van der Waals surface area contributed by atoms with Crippen LogP contribution in [0.15, 0.2) is 77.1 Å². The molecule has 1 aromatic heterocycles. The second-order valence-electron chi connectivity index (χ2n) is 12.6. The number of ether oxygens (including phenoxy) is 1. The first-order valence-corrected chi connectivity index (χ1v) is 16.5. The molecular formula is C37H43N3OS. The van der Waals surface area contributed by atoms with Gasteiger partial charge in [0.1, 0.15) is 17.4 Å². The molecule has 1 saturated heterocycles. The van der Waals surface area contributed by atoms with Gasteiger partial charge in [-0.3, -0.25) is 4.99 Å². The Morgan fingerprint density at radius 1 is 0.929 bits per heavy atom. The van der Waals surface area contributed by atoms with Gasteiger partial charge in [-0.05, 0) is 91.0 Å². The first-order valence-electron chi connectivity index (χ1n) is 15.6. The van der Waals surface area contributed by atoms with Crippen LogP contribution < -0.4 is 9.64 Å². The fourth-order valence-electron chi connectivity index (χ4n) is 6.57. The third-order valence-corrected chi connectivity index (χ3v) is 10.0. The molecule has 2 aliphatic rings. The quantitative estimate of drug-likeness (QED) is 0.196. The highest BCUT2D eigenvalue weighted by molar-refractivity contribution is 7.09. The van der Waals surface area contributed by atoms with Gasteiger partial charge in [-0.2, -0.15) is 0 Å². The summed E-state index contributed by atoms with van der Waals surface area (Å²) in [5, 5.41) is 3.08. The molecule has 218 valence electrons. The molecule has 0 unspecified atom stereocenters. The van der Waals surface area contributed by atoms with Gasteiger partial charge in [0.15, 0.2) is 0 Å². The summed E-state index contributed by atoms with van der Waals surface area (Å²) in [6.45, 7) is 9.36. The van der Waals surface area contributed by atoms with E-state index >= 15 is 0 Å². The Morgan fingerprint density at radius 3 is 2.38 bits per heavy atom. The van der Waals surface area contributed by atoms with Crippen LogP contribution in [0.3, 0.4) is 0 Å². The molecule has 0 bridgehead atoms. The van der Waals surface area contributed by atoms with Crippen molar-refractivity contribution in [3.63, 3.8) is 0 Å². The highest BCUT2D eigenvalue weighted by Crippen LogP contribution is 2.45. The van der Waals surface area contributed by atoms with Crippen molar-refractivity contribution in [1.82, 2.24) is 4.98 Å². The summed E-state index contributed by atoms with van der Waals surface area (Å²) < 4.78 is 6.20. The Balaban J connectivity index is 1.03. The number of hydrogen-bond acceptors (Lipinski definition) is 5. The zero-order valence-electron chi connectivity index (χ0n) is 25.3. The van der Waals surface area contributed by atoms with E-state index in [0.717, 1.165) is 33.3 Å². The van der Waals surface area contributed by atoms with Crippen molar-refractivity contribution in [1.29, 1.82) is 0 Å². The topological polar surface area (TPSA) is 37.7 Å². The fourth-order valence-corrected chi connectivity index (χ4v) is 7.29. The number of thiazole rings is 1. The number of benzene rings is 3. The van der Waals surface area contributed by atoms with E-state index in [9.17, 15) is 0 Å². The Labute approximate surface area is 255 Å². The predicted molar refractivity (Wildman–Crippen MR) is 178 cm³/mol. The molecule has 0 N–H and O–H groups in total. The Hall–Kier alpha value is -3.44. The van der Waals surface area contributed by atoms with Crippen LogP contribution in [0.2, 0.25) is 0 Å². The lowest BCUT2D eigenvalue weighted by atomic mass is 9.68. The molecule has 0 amide bonds. The molecule has 1 saturated carbocycles. The van der Waals surface area contributed by atoms with E-state index in [0.29, 0.717) is 17.9 Å². The summed E-state index contributed by atoms with van der Waals surface area (Å²) in [6, 6.07) is 23.7. The lowest BCUT2D eigenvalue weighted by Crippen LogP contribution is -2.41. The Morgan fingerprint density at radius 2 is 1.67 bits per heavy atom. The van der Waals surface area contributed by atoms with Crippen LogP contribution in [0.5, 0.6) is 5.75 Å². The van der Waals surface area contributed by atoms with Crippen molar-refractivity contribution >= 4 is 28.9 Å². The first-order chi connectivity index (χ1) is 20.5. The minimum Gasteiger partial charge on any atom is -0.486 e. The van der Waals surface area contributed by atoms with E-state index in [1.165, 1.54) is 74.8 Å². The van der Waals surface area contributed by atoms with Gasteiger partial charge in [0.05, 0.1) is 11.4 Å². The summed E-state index contributed by atoms with van der Waals surface area (Å²) >= 11 is 1.64. The number of anilines is 1. The average Bonchev–Trinajstić information content (AvgIpc) is 3.49. The zero-order chi connectivity index (χ0) is 28.9. The van der Waals surface area contributed by atoms with E-state index in [1.54, 1.807) is 11.3 Å². The van der Waals surface area contributed by atoms with Gasteiger partial charge in [-0.25, -0.2) is 4.98 Å². The predicted octanol–water partition coefficient (Wildman–Crippen LogP) is 10.1. The number of aryl methyl sites for hydroxylation is 1. The van der Waals surface area contributed by atoms with Gasteiger partial charge in [-0.1, -0.05) is 69.5 Å². The molecule has 1 spiro atoms. The number of hydrogen-bond donors (Lipinski definition) is 0. The minimum atomic E-state index is 0.418. The van der Waals surface area contributed by atoms with E-state index in [1.807, 2.05) is 6.21 Å². The van der Waals surface area contributed by atoms with Gasteiger partial charge >= 0.3 is 0 Å². The summed E-state index contributed by atoms with van der Waals surface area (Å²) in [5.74, 6) is 1.37. The molecule has 0 atom stereocenters. The molecular weight excluding hydrogens is 534 g/mol. The van der Waals surface area contributed by atoms with Gasteiger partial charge in [0, 0.05) is 35.9 Å². The Kier molecular flexibility index (Phi) is 8.76. The van der Waals surface area contributed by atoms with Crippen molar-refractivity contribution in [2.24, 2.45) is 10.4 Å². The largest absolute Gasteiger partial charge is 0.486 e. The maximum atomic E-state index is 6.20. The number of aliphatic imine (C=N–C) groups is 1. The first kappa shape index (κ1) is 28.7. The molecule has 3 aromatic carbocycles. The lowest BCUT2D eigenvalue weighted by molar-refractivity contribution is 0.144.